The Hall–Kier alpha value is -2.35. The first-order valence-corrected chi connectivity index (χ1v) is 9.98. The molecule has 26 heavy (non-hydrogen) atoms. The zero-order valence-electron chi connectivity index (χ0n) is 15.0. The topological polar surface area (TPSA) is 80.1 Å². The molecule has 2 aromatic rings. The molecule has 138 valence electrons. The zero-order valence-corrected chi connectivity index (χ0v) is 15.8. The molecule has 0 fully saturated rings. The van der Waals surface area contributed by atoms with E-state index in [0.29, 0.717) is 25.4 Å². The SMILES string of the molecule is CSCC(=O)N1CCn2cc(CC(=O)NCc3cccnc3)nc2[C@H]1C. The van der Waals surface area contributed by atoms with Gasteiger partial charge in [0.05, 0.1) is 23.9 Å². The summed E-state index contributed by atoms with van der Waals surface area (Å²) in [7, 11) is 0. The molecule has 1 N–H and O–H groups in total. The van der Waals surface area contributed by atoms with Gasteiger partial charge in [-0.15, -0.1) is 0 Å². The third-order valence-corrected chi connectivity index (χ3v) is 4.96. The van der Waals surface area contributed by atoms with Gasteiger partial charge in [-0.1, -0.05) is 6.07 Å². The standard InChI is InChI=1S/C18H23N5O2S/c1-13-18-21-15(8-16(24)20-10-14-4-3-5-19-9-14)11-22(18)6-7-23(13)17(25)12-26-2/h3-5,9,11,13H,6-8,10,12H2,1-2H3,(H,20,24)/t13-/m1/s1. The lowest BCUT2D eigenvalue weighted by Gasteiger charge is -2.33. The predicted molar refractivity (Wildman–Crippen MR) is 101 cm³/mol. The van der Waals surface area contributed by atoms with E-state index in [1.165, 1.54) is 11.8 Å². The fraction of sp³-hybridized carbons (Fsp3) is 0.444. The summed E-state index contributed by atoms with van der Waals surface area (Å²) >= 11 is 1.53. The molecule has 3 heterocycles. The van der Waals surface area contributed by atoms with Crippen molar-refractivity contribution in [2.24, 2.45) is 0 Å². The van der Waals surface area contributed by atoms with E-state index in [-0.39, 0.29) is 24.3 Å². The van der Waals surface area contributed by atoms with Crippen LogP contribution in [-0.4, -0.2) is 49.8 Å². The first kappa shape index (κ1) is 18.4. The average Bonchev–Trinajstić information content (AvgIpc) is 3.05. The summed E-state index contributed by atoms with van der Waals surface area (Å²) < 4.78 is 2.05. The number of carbonyl (C=O) groups excluding carboxylic acids is 2. The second-order valence-corrected chi connectivity index (χ2v) is 7.16. The number of imidazole rings is 1. The monoisotopic (exact) mass is 373 g/mol. The Labute approximate surface area is 157 Å². The average molecular weight is 373 g/mol. The Kier molecular flexibility index (Phi) is 5.92. The molecule has 1 aliphatic rings. The predicted octanol–water partition coefficient (Wildman–Crippen LogP) is 1.40. The maximum absolute atomic E-state index is 12.2. The Morgan fingerprint density at radius 2 is 2.23 bits per heavy atom. The van der Waals surface area contributed by atoms with Gasteiger partial charge in [-0.05, 0) is 24.8 Å². The van der Waals surface area contributed by atoms with E-state index in [0.717, 1.165) is 17.1 Å². The molecular weight excluding hydrogens is 350 g/mol. The lowest BCUT2D eigenvalue weighted by Crippen LogP contribution is -2.41. The fourth-order valence-electron chi connectivity index (χ4n) is 3.11. The summed E-state index contributed by atoms with van der Waals surface area (Å²) in [5.74, 6) is 1.39. The number of hydrogen-bond donors (Lipinski definition) is 1. The minimum atomic E-state index is -0.0766. The van der Waals surface area contributed by atoms with Gasteiger partial charge in [-0.2, -0.15) is 11.8 Å². The zero-order chi connectivity index (χ0) is 18.5. The van der Waals surface area contributed by atoms with Gasteiger partial charge in [-0.3, -0.25) is 14.6 Å². The summed E-state index contributed by atoms with van der Waals surface area (Å²) in [5.41, 5.74) is 1.69. The molecule has 0 saturated heterocycles. The van der Waals surface area contributed by atoms with Crippen molar-refractivity contribution in [1.82, 2.24) is 24.8 Å². The lowest BCUT2D eigenvalue weighted by atomic mass is 10.2. The third kappa shape index (κ3) is 4.24. The number of rotatable bonds is 6. The molecule has 0 bridgehead atoms. The highest BCUT2D eigenvalue weighted by molar-refractivity contribution is 7.99. The van der Waals surface area contributed by atoms with Crippen LogP contribution in [0.1, 0.15) is 30.0 Å². The summed E-state index contributed by atoms with van der Waals surface area (Å²) in [6.07, 6.45) is 7.51. The van der Waals surface area contributed by atoms with Gasteiger partial charge >= 0.3 is 0 Å². The summed E-state index contributed by atoms with van der Waals surface area (Å²) in [4.78, 5) is 34.9. The quantitative estimate of drug-likeness (QED) is 0.828. The molecule has 3 rings (SSSR count). The van der Waals surface area contributed by atoms with Crippen LogP contribution in [0.4, 0.5) is 0 Å². The molecule has 0 radical (unpaired) electrons. The van der Waals surface area contributed by atoms with Crippen molar-refractivity contribution in [3.05, 3.63) is 47.8 Å². The van der Waals surface area contributed by atoms with Gasteiger partial charge in [0.1, 0.15) is 5.82 Å². The Morgan fingerprint density at radius 3 is 2.96 bits per heavy atom. The van der Waals surface area contributed by atoms with E-state index in [1.807, 2.05) is 36.4 Å². The lowest BCUT2D eigenvalue weighted by molar-refractivity contribution is -0.131. The van der Waals surface area contributed by atoms with E-state index in [2.05, 4.69) is 19.9 Å². The second kappa shape index (κ2) is 8.35. The van der Waals surface area contributed by atoms with Crippen LogP contribution in [-0.2, 0) is 29.1 Å². The molecule has 2 aromatic heterocycles. The molecule has 0 unspecified atom stereocenters. The summed E-state index contributed by atoms with van der Waals surface area (Å²) in [6.45, 7) is 3.83. The third-order valence-electron chi connectivity index (χ3n) is 4.42. The van der Waals surface area contributed by atoms with Gasteiger partial charge in [0, 0.05) is 38.2 Å². The first-order valence-electron chi connectivity index (χ1n) is 8.58. The van der Waals surface area contributed by atoms with Gasteiger partial charge in [0.2, 0.25) is 11.8 Å². The largest absolute Gasteiger partial charge is 0.352 e. The van der Waals surface area contributed by atoms with Gasteiger partial charge in [-0.25, -0.2) is 4.98 Å². The second-order valence-electron chi connectivity index (χ2n) is 6.29. The fourth-order valence-corrected chi connectivity index (χ4v) is 3.52. The summed E-state index contributed by atoms with van der Waals surface area (Å²) in [5, 5.41) is 2.89. The normalized spacial score (nSPS) is 16.2. The minimum Gasteiger partial charge on any atom is -0.352 e. The number of aromatic nitrogens is 3. The highest BCUT2D eigenvalue weighted by atomic mass is 32.2. The van der Waals surface area contributed by atoms with Crippen molar-refractivity contribution in [1.29, 1.82) is 0 Å². The molecule has 0 spiro atoms. The molecule has 2 amide bonds. The van der Waals surface area contributed by atoms with E-state index in [4.69, 9.17) is 0 Å². The summed E-state index contributed by atoms with van der Waals surface area (Å²) in [6, 6.07) is 3.69. The number of pyridine rings is 1. The van der Waals surface area contributed by atoms with Crippen LogP contribution in [0.5, 0.6) is 0 Å². The van der Waals surface area contributed by atoms with E-state index < -0.39 is 0 Å². The van der Waals surface area contributed by atoms with E-state index in [9.17, 15) is 9.59 Å². The number of fused-ring (bicyclic) bond motifs is 1. The number of carbonyl (C=O) groups is 2. The highest BCUT2D eigenvalue weighted by Gasteiger charge is 2.29. The molecule has 0 aromatic carbocycles. The maximum Gasteiger partial charge on any atom is 0.233 e. The van der Waals surface area contributed by atoms with Crippen LogP contribution in [0.2, 0.25) is 0 Å². The van der Waals surface area contributed by atoms with Crippen molar-refractivity contribution < 1.29 is 9.59 Å². The smallest absolute Gasteiger partial charge is 0.233 e. The van der Waals surface area contributed by atoms with Gasteiger partial charge in [0.25, 0.3) is 0 Å². The first-order chi connectivity index (χ1) is 12.6. The number of hydrogen-bond acceptors (Lipinski definition) is 5. The van der Waals surface area contributed by atoms with Gasteiger partial charge < -0.3 is 14.8 Å². The maximum atomic E-state index is 12.2. The van der Waals surface area contributed by atoms with Crippen LogP contribution in [0.25, 0.3) is 0 Å². The molecule has 1 atom stereocenters. The Bertz CT molecular complexity index is 777. The van der Waals surface area contributed by atoms with Crippen LogP contribution in [0, 0.1) is 0 Å². The van der Waals surface area contributed by atoms with Crippen LogP contribution >= 0.6 is 11.8 Å². The van der Waals surface area contributed by atoms with Crippen LogP contribution < -0.4 is 5.32 Å². The highest BCUT2D eigenvalue weighted by Crippen LogP contribution is 2.25. The number of thioether (sulfide) groups is 1. The molecule has 0 aliphatic carbocycles. The Morgan fingerprint density at radius 1 is 1.38 bits per heavy atom. The molecular formula is C18H23N5O2S. The van der Waals surface area contributed by atoms with Crippen molar-refractivity contribution in [2.45, 2.75) is 32.5 Å². The molecule has 1 aliphatic heterocycles. The van der Waals surface area contributed by atoms with E-state index >= 15 is 0 Å². The number of nitrogens with zero attached hydrogens (tertiary/aromatic N) is 4. The Balaban J connectivity index is 1.60. The van der Waals surface area contributed by atoms with E-state index in [1.54, 1.807) is 12.4 Å². The van der Waals surface area contributed by atoms with Crippen LogP contribution in [0.15, 0.2) is 30.7 Å². The molecule has 8 heteroatoms. The van der Waals surface area contributed by atoms with Gasteiger partial charge in [0.15, 0.2) is 0 Å². The molecule has 7 nitrogen and oxygen atoms in total. The van der Waals surface area contributed by atoms with Crippen LogP contribution in [0.3, 0.4) is 0 Å². The molecule has 0 saturated carbocycles. The van der Waals surface area contributed by atoms with Crippen molar-refractivity contribution in [2.75, 3.05) is 18.6 Å². The number of amides is 2. The van der Waals surface area contributed by atoms with Crippen molar-refractivity contribution >= 4 is 23.6 Å². The minimum absolute atomic E-state index is 0.0735. The van der Waals surface area contributed by atoms with Crippen molar-refractivity contribution in [3.8, 4) is 0 Å². The van der Waals surface area contributed by atoms with Crippen molar-refractivity contribution in [3.63, 3.8) is 0 Å². The number of nitrogens with one attached hydrogen (secondary N) is 1.